The number of fused-ring (bicyclic) bond motifs is 2. The van der Waals surface area contributed by atoms with E-state index in [1.165, 1.54) is 27.7 Å². The van der Waals surface area contributed by atoms with Gasteiger partial charge in [0.05, 0.1) is 11.8 Å². The molecule has 1 aliphatic heterocycles. The molecule has 0 unspecified atom stereocenters. The van der Waals surface area contributed by atoms with E-state index in [4.69, 9.17) is 10.5 Å². The lowest BCUT2D eigenvalue weighted by Gasteiger charge is -2.32. The lowest BCUT2D eigenvalue weighted by atomic mass is 10.1. The maximum Gasteiger partial charge on any atom is 0.152 e. The van der Waals surface area contributed by atoms with Crippen molar-refractivity contribution < 1.29 is 4.74 Å². The molecule has 1 aliphatic rings. The largest absolute Gasteiger partial charge is 0.495 e. The van der Waals surface area contributed by atoms with Crippen LogP contribution in [0.15, 0.2) is 30.7 Å². The van der Waals surface area contributed by atoms with Crippen molar-refractivity contribution in [2.24, 2.45) is 0 Å². The monoisotopic (exact) mass is 422 g/mol. The summed E-state index contributed by atoms with van der Waals surface area (Å²) >= 11 is 1.74. The second-order valence-corrected chi connectivity index (χ2v) is 9.10. The molecule has 0 atom stereocenters. The fourth-order valence-corrected chi connectivity index (χ4v) is 5.48. The SMILES string of the molecule is COc1cc(C)cc2cc(-c3c(CN4CCN(C)CC4)cn4ncnc(N)c34)sc12. The number of anilines is 1. The Balaban J connectivity index is 1.66. The number of rotatable bonds is 4. The molecule has 0 spiro atoms. The summed E-state index contributed by atoms with van der Waals surface area (Å²) in [6, 6.07) is 6.53. The molecule has 4 heterocycles. The van der Waals surface area contributed by atoms with Crippen LogP contribution in [-0.4, -0.2) is 64.7 Å². The minimum absolute atomic E-state index is 0.505. The molecule has 30 heavy (non-hydrogen) atoms. The van der Waals surface area contributed by atoms with Crippen LogP contribution < -0.4 is 10.5 Å². The van der Waals surface area contributed by atoms with E-state index < -0.39 is 0 Å². The number of nitrogens with two attached hydrogens (primary N) is 1. The van der Waals surface area contributed by atoms with Gasteiger partial charge >= 0.3 is 0 Å². The van der Waals surface area contributed by atoms with E-state index in [0.29, 0.717) is 5.82 Å². The molecule has 5 rings (SSSR count). The zero-order chi connectivity index (χ0) is 20.8. The fraction of sp³-hybridized carbons (Fsp3) is 0.364. The van der Waals surface area contributed by atoms with E-state index in [0.717, 1.165) is 54.3 Å². The molecule has 2 N–H and O–H groups in total. The van der Waals surface area contributed by atoms with E-state index in [1.807, 2.05) is 4.52 Å². The van der Waals surface area contributed by atoms with Crippen molar-refractivity contribution in [3.05, 3.63) is 41.9 Å². The number of nitrogen functional groups attached to an aromatic ring is 1. The minimum Gasteiger partial charge on any atom is -0.495 e. The summed E-state index contributed by atoms with van der Waals surface area (Å²) in [5.74, 6) is 1.42. The van der Waals surface area contributed by atoms with E-state index in [-0.39, 0.29) is 0 Å². The summed E-state index contributed by atoms with van der Waals surface area (Å²) < 4.78 is 8.68. The highest BCUT2D eigenvalue weighted by molar-refractivity contribution is 7.22. The summed E-state index contributed by atoms with van der Waals surface area (Å²) in [5, 5.41) is 5.62. The molecule has 0 radical (unpaired) electrons. The van der Waals surface area contributed by atoms with Crippen molar-refractivity contribution in [1.82, 2.24) is 24.4 Å². The van der Waals surface area contributed by atoms with Crippen molar-refractivity contribution >= 4 is 32.8 Å². The van der Waals surface area contributed by atoms with Gasteiger partial charge in [-0.25, -0.2) is 9.50 Å². The Hall–Kier alpha value is -2.68. The summed E-state index contributed by atoms with van der Waals surface area (Å²) in [5.41, 5.74) is 10.7. The van der Waals surface area contributed by atoms with E-state index in [9.17, 15) is 0 Å². The number of ether oxygens (including phenoxy) is 1. The van der Waals surface area contributed by atoms with Gasteiger partial charge in [0.25, 0.3) is 0 Å². The lowest BCUT2D eigenvalue weighted by Crippen LogP contribution is -2.43. The van der Waals surface area contributed by atoms with Gasteiger partial charge in [0.15, 0.2) is 5.82 Å². The molecule has 3 aromatic heterocycles. The number of hydrogen-bond donors (Lipinski definition) is 1. The van der Waals surface area contributed by atoms with Crippen LogP contribution in [0, 0.1) is 6.92 Å². The average molecular weight is 423 g/mol. The van der Waals surface area contributed by atoms with Crippen LogP contribution in [0.3, 0.4) is 0 Å². The number of benzene rings is 1. The van der Waals surface area contributed by atoms with Crippen molar-refractivity contribution in [3.63, 3.8) is 0 Å². The first-order valence-electron chi connectivity index (χ1n) is 10.1. The molecule has 0 aliphatic carbocycles. The molecule has 7 nitrogen and oxygen atoms in total. The van der Waals surface area contributed by atoms with Gasteiger partial charge in [-0.15, -0.1) is 11.3 Å². The van der Waals surface area contributed by atoms with E-state index in [1.54, 1.807) is 18.4 Å². The summed E-state index contributed by atoms with van der Waals surface area (Å²) in [6.07, 6.45) is 3.62. The van der Waals surface area contributed by atoms with Crippen LogP contribution in [0.25, 0.3) is 26.0 Å². The van der Waals surface area contributed by atoms with Gasteiger partial charge in [-0.05, 0) is 42.6 Å². The molecule has 0 bridgehead atoms. The summed E-state index contributed by atoms with van der Waals surface area (Å²) in [4.78, 5) is 10.3. The van der Waals surface area contributed by atoms with Crippen LogP contribution >= 0.6 is 11.3 Å². The molecule has 8 heteroatoms. The van der Waals surface area contributed by atoms with Gasteiger partial charge in [0.1, 0.15) is 17.6 Å². The first-order chi connectivity index (χ1) is 14.5. The van der Waals surface area contributed by atoms with Crippen molar-refractivity contribution in [2.45, 2.75) is 13.5 Å². The van der Waals surface area contributed by atoms with Gasteiger partial charge in [0.2, 0.25) is 0 Å². The third-order valence-corrected chi connectivity index (χ3v) is 7.05. The second kappa shape index (κ2) is 7.54. The number of hydrogen-bond acceptors (Lipinski definition) is 7. The molecule has 0 amide bonds. The van der Waals surface area contributed by atoms with Crippen LogP contribution in [0.1, 0.15) is 11.1 Å². The molecule has 156 valence electrons. The predicted molar refractivity (Wildman–Crippen MR) is 122 cm³/mol. The molecule has 1 saturated heterocycles. The Labute approximate surface area is 179 Å². The summed E-state index contributed by atoms with van der Waals surface area (Å²) in [7, 11) is 3.91. The number of nitrogens with zero attached hydrogens (tertiary/aromatic N) is 5. The van der Waals surface area contributed by atoms with E-state index >= 15 is 0 Å². The molecule has 4 aromatic rings. The standard InChI is InChI=1S/C22H26N6OS/c1-14-8-15-10-18(30-21(15)17(9-14)29-3)19-16(11-27-6-4-26(2)5-7-27)12-28-20(19)22(23)24-13-25-28/h8-10,12-13H,4-7,11H2,1-3H3,(H2,23,24,25). The Morgan fingerprint density at radius 3 is 2.73 bits per heavy atom. The second-order valence-electron chi connectivity index (χ2n) is 8.04. The van der Waals surface area contributed by atoms with Gasteiger partial charge < -0.3 is 15.4 Å². The van der Waals surface area contributed by atoms with Gasteiger partial charge in [-0.1, -0.05) is 6.07 Å². The van der Waals surface area contributed by atoms with Crippen LogP contribution in [-0.2, 0) is 6.54 Å². The average Bonchev–Trinajstić information content (AvgIpc) is 3.30. The number of piperazine rings is 1. The molecule has 1 aromatic carbocycles. The number of thiophene rings is 1. The molecule has 0 saturated carbocycles. The van der Waals surface area contributed by atoms with Gasteiger partial charge in [-0.2, -0.15) is 5.10 Å². The quantitative estimate of drug-likeness (QED) is 0.544. The molecular formula is C22H26N6OS. The summed E-state index contributed by atoms with van der Waals surface area (Å²) in [6.45, 7) is 7.26. The van der Waals surface area contributed by atoms with Crippen molar-refractivity contribution in [1.29, 1.82) is 0 Å². The third kappa shape index (κ3) is 3.30. The van der Waals surface area contributed by atoms with Crippen molar-refractivity contribution in [3.8, 4) is 16.2 Å². The lowest BCUT2D eigenvalue weighted by molar-refractivity contribution is 0.148. The van der Waals surface area contributed by atoms with Crippen molar-refractivity contribution in [2.75, 3.05) is 46.1 Å². The predicted octanol–water partition coefficient (Wildman–Crippen LogP) is 3.26. The Morgan fingerprint density at radius 2 is 1.97 bits per heavy atom. The number of aromatic nitrogens is 3. The molecule has 1 fully saturated rings. The topological polar surface area (TPSA) is 71.9 Å². The van der Waals surface area contributed by atoms with Gasteiger partial charge in [0, 0.05) is 49.4 Å². The number of methoxy groups -OCH3 is 1. The Morgan fingerprint density at radius 1 is 1.17 bits per heavy atom. The van der Waals surface area contributed by atoms with E-state index in [2.05, 4.69) is 58.2 Å². The number of aryl methyl sites for hydroxylation is 1. The minimum atomic E-state index is 0.505. The zero-order valence-corrected chi connectivity index (χ0v) is 18.4. The van der Waals surface area contributed by atoms with Gasteiger partial charge in [-0.3, -0.25) is 4.90 Å². The smallest absolute Gasteiger partial charge is 0.152 e. The third-order valence-electron chi connectivity index (χ3n) is 5.86. The zero-order valence-electron chi connectivity index (χ0n) is 17.6. The van der Waals surface area contributed by atoms with Crippen LogP contribution in [0.2, 0.25) is 0 Å². The first kappa shape index (κ1) is 19.3. The number of likely N-dealkylation sites (N-methyl/N-ethyl adjacent to an activating group) is 1. The highest BCUT2D eigenvalue weighted by Crippen LogP contribution is 2.43. The maximum atomic E-state index is 6.32. The fourth-order valence-electron chi connectivity index (χ4n) is 4.27. The highest BCUT2D eigenvalue weighted by Gasteiger charge is 2.22. The Bertz CT molecular complexity index is 1220. The Kier molecular flexibility index (Phi) is 4.85. The van der Waals surface area contributed by atoms with Crippen LogP contribution in [0.4, 0.5) is 5.82 Å². The normalized spacial score (nSPS) is 16.0. The van der Waals surface area contributed by atoms with Crippen LogP contribution in [0.5, 0.6) is 5.75 Å². The molecular weight excluding hydrogens is 396 g/mol. The first-order valence-corrected chi connectivity index (χ1v) is 11.0. The highest BCUT2D eigenvalue weighted by atomic mass is 32.1. The maximum absolute atomic E-state index is 6.32.